The molecule has 0 atom stereocenters. The van der Waals surface area contributed by atoms with Crippen LogP contribution in [-0.2, 0) is 0 Å². The number of carbonyl (C=O) groups is 1. The van der Waals surface area contributed by atoms with E-state index in [0.29, 0.717) is 0 Å². The van der Waals surface area contributed by atoms with Crippen molar-refractivity contribution in [1.29, 1.82) is 0 Å². The highest BCUT2D eigenvalue weighted by Gasteiger charge is 2.21. The number of hydrogen-bond donors (Lipinski definition) is 0. The van der Waals surface area contributed by atoms with Crippen molar-refractivity contribution in [2.45, 2.75) is 20.3 Å². The van der Waals surface area contributed by atoms with Crippen molar-refractivity contribution in [3.05, 3.63) is 65.0 Å². The number of thioether (sulfide) groups is 1. The molecule has 3 nitrogen and oxygen atoms in total. The minimum Gasteiger partial charge on any atom is -0.313 e. The van der Waals surface area contributed by atoms with Gasteiger partial charge in [0.25, 0.3) is 0 Å². The third kappa shape index (κ3) is 4.74. The fraction of sp³-hybridized carbons (Fsp3) is 0.300. The maximum atomic E-state index is 13.3. The Morgan fingerprint density at radius 1 is 1.19 bits per heavy atom. The Kier molecular flexibility index (Phi) is 7.41. The molecule has 1 aliphatic heterocycles. The van der Waals surface area contributed by atoms with Gasteiger partial charge in [-0.2, -0.15) is 0 Å². The number of benzene rings is 2. The Balaban J connectivity index is 0.00000243. The van der Waals surface area contributed by atoms with E-state index in [1.54, 1.807) is 23.9 Å². The minimum absolute atomic E-state index is 0. The van der Waals surface area contributed by atoms with Gasteiger partial charge in [0.2, 0.25) is 0 Å². The van der Waals surface area contributed by atoms with Crippen molar-refractivity contribution < 1.29 is 9.18 Å². The van der Waals surface area contributed by atoms with Crippen LogP contribution in [0, 0.1) is 19.7 Å². The molecule has 0 aliphatic carbocycles. The zero-order chi connectivity index (χ0) is 17.8. The quantitative estimate of drug-likeness (QED) is 0.617. The van der Waals surface area contributed by atoms with Crippen molar-refractivity contribution in [2.75, 3.05) is 23.7 Å². The molecule has 0 amide bonds. The number of rotatable bonds is 4. The van der Waals surface area contributed by atoms with Crippen LogP contribution in [0.1, 0.15) is 27.9 Å². The average molecular weight is 437 g/mol. The molecule has 0 saturated heterocycles. The Morgan fingerprint density at radius 3 is 2.58 bits per heavy atom. The summed E-state index contributed by atoms with van der Waals surface area (Å²) in [6.07, 6.45) is 1.04. The first-order valence-corrected chi connectivity index (χ1v) is 9.34. The summed E-state index contributed by atoms with van der Waals surface area (Å²) in [4.78, 5) is 19.4. The monoisotopic (exact) mass is 436 g/mol. The number of hydrogen-bond acceptors (Lipinski definition) is 4. The standard InChI is InChI=1S/C20H21FN2OS.BrH/c1-14-5-3-6-18(15(14)2)19(24)13-23(20-22-11-4-12-25-20)17-9-7-16(21)8-10-17;/h3,5-10H,4,11-13H2,1-2H3;1H. The van der Waals surface area contributed by atoms with Gasteiger partial charge < -0.3 is 4.90 Å². The van der Waals surface area contributed by atoms with Gasteiger partial charge in [0.1, 0.15) is 5.82 Å². The highest BCUT2D eigenvalue weighted by molar-refractivity contribution is 8.93. The van der Waals surface area contributed by atoms with Gasteiger partial charge >= 0.3 is 0 Å². The number of anilines is 1. The minimum atomic E-state index is -0.289. The molecule has 0 N–H and O–H groups in total. The van der Waals surface area contributed by atoms with E-state index in [-0.39, 0.29) is 35.1 Å². The fourth-order valence-corrected chi connectivity index (χ4v) is 3.75. The molecule has 2 aromatic carbocycles. The first kappa shape index (κ1) is 20.6. The second-order valence-electron chi connectivity index (χ2n) is 6.10. The van der Waals surface area contributed by atoms with Gasteiger partial charge in [0.15, 0.2) is 11.0 Å². The smallest absolute Gasteiger partial charge is 0.182 e. The summed E-state index contributed by atoms with van der Waals surface area (Å²) < 4.78 is 13.3. The maximum Gasteiger partial charge on any atom is 0.182 e. The largest absolute Gasteiger partial charge is 0.313 e. The number of aliphatic imine (C=N–C) groups is 1. The van der Waals surface area contributed by atoms with E-state index in [2.05, 4.69) is 4.99 Å². The molecule has 0 unspecified atom stereocenters. The lowest BCUT2D eigenvalue weighted by Crippen LogP contribution is -2.35. The molecule has 0 radical (unpaired) electrons. The summed E-state index contributed by atoms with van der Waals surface area (Å²) in [5.74, 6) is 0.732. The van der Waals surface area contributed by atoms with Gasteiger partial charge in [-0.3, -0.25) is 9.79 Å². The van der Waals surface area contributed by atoms with Crippen LogP contribution in [0.15, 0.2) is 47.5 Å². The van der Waals surface area contributed by atoms with E-state index >= 15 is 0 Å². The number of carbonyl (C=O) groups excluding carboxylic acids is 1. The number of nitrogens with zero attached hydrogens (tertiary/aromatic N) is 2. The number of halogens is 2. The third-order valence-corrected chi connectivity index (χ3v) is 5.46. The first-order chi connectivity index (χ1) is 12.1. The predicted molar refractivity (Wildman–Crippen MR) is 114 cm³/mol. The van der Waals surface area contributed by atoms with E-state index in [0.717, 1.165) is 46.3 Å². The molecule has 1 aliphatic rings. The molecule has 3 rings (SSSR count). The van der Waals surface area contributed by atoms with Gasteiger partial charge in [-0.05, 0) is 55.7 Å². The van der Waals surface area contributed by atoms with Crippen LogP contribution in [0.3, 0.4) is 0 Å². The molecule has 6 heteroatoms. The lowest BCUT2D eigenvalue weighted by atomic mass is 10.00. The molecular formula is C20H22BrFN2OS. The van der Waals surface area contributed by atoms with Crippen LogP contribution < -0.4 is 4.90 Å². The van der Waals surface area contributed by atoms with E-state index in [4.69, 9.17) is 0 Å². The summed E-state index contributed by atoms with van der Waals surface area (Å²) in [5.41, 5.74) is 3.62. The molecular weight excluding hydrogens is 415 g/mol. The highest BCUT2D eigenvalue weighted by atomic mass is 79.9. The zero-order valence-electron chi connectivity index (χ0n) is 14.9. The average Bonchev–Trinajstić information content (AvgIpc) is 2.63. The predicted octanol–water partition coefficient (Wildman–Crippen LogP) is 5.20. The summed E-state index contributed by atoms with van der Waals surface area (Å²) in [6, 6.07) is 12.0. The number of amidine groups is 1. The van der Waals surface area contributed by atoms with Crippen LogP contribution in [0.2, 0.25) is 0 Å². The fourth-order valence-electron chi connectivity index (χ4n) is 2.78. The molecule has 0 aromatic heterocycles. The Hall–Kier alpha value is -1.66. The van der Waals surface area contributed by atoms with Crippen molar-refractivity contribution in [2.24, 2.45) is 4.99 Å². The van der Waals surface area contributed by atoms with E-state index in [1.165, 1.54) is 12.1 Å². The molecule has 1 heterocycles. The summed E-state index contributed by atoms with van der Waals surface area (Å²) in [5, 5.41) is 0.830. The second kappa shape index (κ2) is 9.33. The zero-order valence-corrected chi connectivity index (χ0v) is 17.4. The summed E-state index contributed by atoms with van der Waals surface area (Å²) in [7, 11) is 0. The maximum absolute atomic E-state index is 13.3. The molecule has 138 valence electrons. The van der Waals surface area contributed by atoms with Crippen molar-refractivity contribution in [1.82, 2.24) is 0 Å². The van der Waals surface area contributed by atoms with Crippen LogP contribution in [0.4, 0.5) is 10.1 Å². The van der Waals surface area contributed by atoms with Gasteiger partial charge in [0, 0.05) is 23.5 Å². The molecule has 2 aromatic rings. The van der Waals surface area contributed by atoms with Gasteiger partial charge in [-0.25, -0.2) is 4.39 Å². The summed E-state index contributed by atoms with van der Waals surface area (Å²) >= 11 is 1.64. The third-order valence-electron chi connectivity index (χ3n) is 4.36. The van der Waals surface area contributed by atoms with Crippen LogP contribution in [-0.4, -0.2) is 29.8 Å². The Labute approximate surface area is 168 Å². The highest BCUT2D eigenvalue weighted by Crippen LogP contribution is 2.24. The second-order valence-corrected chi connectivity index (χ2v) is 7.16. The van der Waals surface area contributed by atoms with E-state index in [1.807, 2.05) is 36.9 Å². The first-order valence-electron chi connectivity index (χ1n) is 8.36. The van der Waals surface area contributed by atoms with Crippen LogP contribution >= 0.6 is 28.7 Å². The Bertz CT molecular complexity index is 808. The van der Waals surface area contributed by atoms with Crippen LogP contribution in [0.25, 0.3) is 0 Å². The number of Topliss-reactive ketones (excluding diaryl/α,β-unsaturated/α-hetero) is 1. The van der Waals surface area contributed by atoms with Crippen LogP contribution in [0.5, 0.6) is 0 Å². The topological polar surface area (TPSA) is 32.7 Å². The normalized spacial score (nSPS) is 13.6. The lowest BCUT2D eigenvalue weighted by molar-refractivity contribution is 0.100. The molecule has 0 spiro atoms. The number of ketones is 1. The van der Waals surface area contributed by atoms with Crippen molar-refractivity contribution in [3.63, 3.8) is 0 Å². The number of aryl methyl sites for hydroxylation is 1. The van der Waals surface area contributed by atoms with Gasteiger partial charge in [0.05, 0.1) is 6.54 Å². The summed E-state index contributed by atoms with van der Waals surface area (Å²) in [6.45, 7) is 4.93. The van der Waals surface area contributed by atoms with Gasteiger partial charge in [-0.1, -0.05) is 30.0 Å². The SMILES string of the molecule is Br.Cc1cccc(C(=O)CN(C2=NCCCS2)c2ccc(F)cc2)c1C. The van der Waals surface area contributed by atoms with E-state index < -0.39 is 0 Å². The lowest BCUT2D eigenvalue weighted by Gasteiger charge is -2.27. The molecule has 0 fully saturated rings. The molecule has 0 saturated carbocycles. The Morgan fingerprint density at radius 2 is 1.92 bits per heavy atom. The van der Waals surface area contributed by atoms with Gasteiger partial charge in [-0.15, -0.1) is 17.0 Å². The van der Waals surface area contributed by atoms with Crippen molar-refractivity contribution in [3.8, 4) is 0 Å². The van der Waals surface area contributed by atoms with E-state index in [9.17, 15) is 9.18 Å². The molecule has 0 bridgehead atoms. The molecule has 26 heavy (non-hydrogen) atoms. The van der Waals surface area contributed by atoms with Crippen molar-refractivity contribution >= 4 is 45.4 Å².